The molecule has 3 N–H and O–H groups in total. The molecule has 1 aliphatic heterocycles. The first-order valence-electron chi connectivity index (χ1n) is 9.67. The van der Waals surface area contributed by atoms with Crippen LogP contribution < -0.4 is 10.6 Å². The zero-order chi connectivity index (χ0) is 23.3. The third-order valence-corrected chi connectivity index (χ3v) is 6.07. The number of amidine groups is 1. The summed E-state index contributed by atoms with van der Waals surface area (Å²) in [6, 6.07) is 3.80. The molecule has 9 nitrogen and oxygen atoms in total. The van der Waals surface area contributed by atoms with Gasteiger partial charge in [-0.1, -0.05) is 0 Å². The monoisotopic (exact) mass is 624 g/mol. The number of amides is 2. The molecule has 0 bridgehead atoms. The van der Waals surface area contributed by atoms with E-state index in [0.717, 1.165) is 4.68 Å². The number of nitrogens with one attached hydrogen (secondary N) is 2. The molecule has 0 radical (unpaired) electrons. The van der Waals surface area contributed by atoms with Crippen molar-refractivity contribution < 1.29 is 23.5 Å². The molecule has 1 aromatic carbocycles. The maximum absolute atomic E-state index is 14.1. The van der Waals surface area contributed by atoms with Crippen LogP contribution in [0.1, 0.15) is 12.8 Å². The van der Waals surface area contributed by atoms with E-state index in [1.165, 1.54) is 29.3 Å². The molecule has 1 saturated heterocycles. The summed E-state index contributed by atoms with van der Waals surface area (Å²) in [5.41, 5.74) is 0.443. The van der Waals surface area contributed by atoms with Gasteiger partial charge >= 0.3 is 6.03 Å². The highest BCUT2D eigenvalue weighted by Crippen LogP contribution is 2.23. The first kappa shape index (κ1) is 24.5. The second kappa shape index (κ2) is 11.1. The fourth-order valence-electron chi connectivity index (χ4n) is 3.27. The van der Waals surface area contributed by atoms with Gasteiger partial charge in [0.15, 0.2) is 5.84 Å². The van der Waals surface area contributed by atoms with E-state index in [4.69, 9.17) is 5.11 Å². The summed E-state index contributed by atoms with van der Waals surface area (Å²) in [6.07, 6.45) is 2.02. The van der Waals surface area contributed by atoms with E-state index < -0.39 is 17.8 Å². The maximum atomic E-state index is 14.1. The summed E-state index contributed by atoms with van der Waals surface area (Å²) >= 11 is 4.83. The molecule has 0 aliphatic carbocycles. The third-order valence-electron chi connectivity index (χ3n) is 4.98. The van der Waals surface area contributed by atoms with Crippen molar-refractivity contribution in [2.75, 3.05) is 30.3 Å². The number of aliphatic hydroxyl groups is 1. The van der Waals surface area contributed by atoms with Crippen molar-refractivity contribution in [3.63, 3.8) is 0 Å². The van der Waals surface area contributed by atoms with Crippen molar-refractivity contribution in [1.82, 2.24) is 14.7 Å². The van der Waals surface area contributed by atoms with Gasteiger partial charge in [0.2, 0.25) is 11.7 Å². The topological polar surface area (TPSA) is 112 Å². The maximum Gasteiger partial charge on any atom is 0.322 e. The van der Waals surface area contributed by atoms with Gasteiger partial charge < -0.3 is 20.6 Å². The lowest BCUT2D eigenvalue weighted by Crippen LogP contribution is -2.44. The molecule has 13 heteroatoms. The van der Waals surface area contributed by atoms with Crippen LogP contribution in [0.2, 0.25) is 0 Å². The van der Waals surface area contributed by atoms with Gasteiger partial charge in [-0.05, 0) is 47.0 Å². The fourth-order valence-corrected chi connectivity index (χ4v) is 4.01. The average Bonchev–Trinajstić information content (AvgIpc) is 3.13. The van der Waals surface area contributed by atoms with Crippen LogP contribution >= 0.6 is 38.8 Å². The molecule has 0 spiro atoms. The van der Waals surface area contributed by atoms with E-state index >= 15 is 0 Å². The molecule has 32 heavy (non-hydrogen) atoms. The van der Waals surface area contributed by atoms with Gasteiger partial charge in [0, 0.05) is 24.7 Å². The van der Waals surface area contributed by atoms with E-state index in [-0.39, 0.29) is 40.8 Å². The fraction of sp³-hybridized carbons (Fsp3) is 0.368. The Hall–Kier alpha value is -2.13. The summed E-state index contributed by atoms with van der Waals surface area (Å²) in [6.45, 7) is 0.332. The number of halogens is 4. The van der Waals surface area contributed by atoms with Crippen LogP contribution in [0.25, 0.3) is 0 Å². The number of aromatic nitrogens is 2. The van der Waals surface area contributed by atoms with Gasteiger partial charge in [-0.15, -0.1) is 0 Å². The number of carbonyl (C=O) groups excluding carboxylic acids is 2. The first-order valence-corrected chi connectivity index (χ1v) is 11.4. The highest BCUT2D eigenvalue weighted by Gasteiger charge is 2.30. The number of nitrogens with zero attached hydrogens (tertiary/aromatic N) is 4. The molecule has 172 valence electrons. The van der Waals surface area contributed by atoms with E-state index in [1.54, 1.807) is 22.9 Å². The lowest BCUT2D eigenvalue weighted by Gasteiger charge is -2.31. The third kappa shape index (κ3) is 5.81. The molecule has 0 saturated carbocycles. The van der Waals surface area contributed by atoms with Crippen molar-refractivity contribution in [2.24, 2.45) is 9.12 Å². The van der Waals surface area contributed by atoms with Crippen LogP contribution in [0.5, 0.6) is 0 Å². The number of hydrogen-bond acceptors (Lipinski definition) is 5. The smallest absolute Gasteiger partial charge is 0.322 e. The average molecular weight is 625 g/mol. The molecule has 2 amide bonds. The summed E-state index contributed by atoms with van der Waals surface area (Å²) in [7, 11) is 0. The van der Waals surface area contributed by atoms with Crippen LogP contribution in [0.3, 0.4) is 0 Å². The van der Waals surface area contributed by atoms with Crippen LogP contribution in [0.15, 0.2) is 32.1 Å². The number of carbonyl (C=O) groups is 2. The molecule has 1 fully saturated rings. The number of urea groups is 1. The molecule has 1 aliphatic rings. The van der Waals surface area contributed by atoms with E-state index in [0.29, 0.717) is 31.6 Å². The standard InChI is InChI=1S/C19H20BrF2IN6O3/c20-13-9-12(1-2-14(13)21)25-18(27-23)16(31)11-3-5-28(6-4-11)19(32)26-15-10-24-29(7-8-30)17(15)22/h1-2,9-11,30H,3-8H2,(H,25,27)(H,26,32). The Bertz CT molecular complexity index is 1030. The second-order valence-corrected chi connectivity index (χ2v) is 8.38. The Morgan fingerprint density at radius 3 is 2.62 bits per heavy atom. The molecular weight excluding hydrogens is 605 g/mol. The van der Waals surface area contributed by atoms with Crippen molar-refractivity contribution in [3.8, 4) is 0 Å². The van der Waals surface area contributed by atoms with Gasteiger partial charge in [0.05, 0.1) is 46.7 Å². The Labute approximate surface area is 204 Å². The van der Waals surface area contributed by atoms with Crippen LogP contribution in [0, 0.1) is 17.7 Å². The zero-order valence-corrected chi connectivity index (χ0v) is 20.4. The van der Waals surface area contributed by atoms with E-state index in [1.807, 2.05) is 0 Å². The minimum atomic E-state index is -0.737. The minimum absolute atomic E-state index is 0.0151. The first-order chi connectivity index (χ1) is 15.3. The van der Waals surface area contributed by atoms with Crippen molar-refractivity contribution in [3.05, 3.63) is 40.6 Å². The predicted molar refractivity (Wildman–Crippen MR) is 127 cm³/mol. The van der Waals surface area contributed by atoms with Crippen molar-refractivity contribution in [2.45, 2.75) is 19.4 Å². The highest BCUT2D eigenvalue weighted by atomic mass is 127. The van der Waals surface area contributed by atoms with E-state index in [9.17, 15) is 18.4 Å². The molecule has 0 atom stereocenters. The number of ketones is 1. The predicted octanol–water partition coefficient (Wildman–Crippen LogP) is 3.59. The summed E-state index contributed by atoms with van der Waals surface area (Å²) in [4.78, 5) is 26.8. The number of aliphatic hydroxyl groups excluding tert-OH is 1. The largest absolute Gasteiger partial charge is 0.394 e. The summed E-state index contributed by atoms with van der Waals surface area (Å²) in [5.74, 6) is -1.55. The number of benzene rings is 1. The van der Waals surface area contributed by atoms with Crippen molar-refractivity contribution >= 4 is 67.8 Å². The molecular formula is C19H20BrF2IN6O3. The molecule has 3 rings (SSSR count). The summed E-state index contributed by atoms with van der Waals surface area (Å²) in [5, 5.41) is 18.0. The number of Topliss-reactive ketones (excluding diaryl/α,β-unsaturated/α-hetero) is 1. The van der Waals surface area contributed by atoms with Gasteiger partial charge in [-0.25, -0.2) is 13.9 Å². The Kier molecular flexibility index (Phi) is 8.53. The Balaban J connectivity index is 1.55. The van der Waals surface area contributed by atoms with Crippen LogP contribution in [-0.4, -0.2) is 57.1 Å². The Morgan fingerprint density at radius 2 is 2.00 bits per heavy atom. The number of likely N-dealkylation sites (tertiary alicyclic amines) is 1. The quantitative estimate of drug-likeness (QED) is 0.258. The molecule has 1 aromatic heterocycles. The number of piperidine rings is 1. The van der Waals surface area contributed by atoms with Gasteiger partial charge in [-0.2, -0.15) is 12.7 Å². The second-order valence-electron chi connectivity index (χ2n) is 7.04. The number of anilines is 2. The zero-order valence-electron chi connectivity index (χ0n) is 16.7. The van der Waals surface area contributed by atoms with Crippen molar-refractivity contribution in [1.29, 1.82) is 0 Å². The van der Waals surface area contributed by atoms with Gasteiger partial charge in [0.25, 0.3) is 0 Å². The Morgan fingerprint density at radius 1 is 1.28 bits per heavy atom. The lowest BCUT2D eigenvalue weighted by molar-refractivity contribution is -0.117. The van der Waals surface area contributed by atoms with Crippen LogP contribution in [0.4, 0.5) is 25.0 Å². The lowest BCUT2D eigenvalue weighted by atomic mass is 9.92. The van der Waals surface area contributed by atoms with E-state index in [2.05, 4.69) is 34.9 Å². The number of rotatable bonds is 6. The minimum Gasteiger partial charge on any atom is -0.394 e. The SMILES string of the molecule is O=C(C(=NI)Nc1ccc(F)c(Br)c1)C1CCN(C(=O)Nc2cnn(CCO)c2F)CC1. The number of hydrogen-bond donors (Lipinski definition) is 3. The van der Waals surface area contributed by atoms with Gasteiger partial charge in [0.1, 0.15) is 11.5 Å². The van der Waals surface area contributed by atoms with Crippen LogP contribution in [-0.2, 0) is 11.3 Å². The molecule has 2 heterocycles. The summed E-state index contributed by atoms with van der Waals surface area (Å²) < 4.78 is 32.8. The van der Waals surface area contributed by atoms with Gasteiger partial charge in [-0.3, -0.25) is 4.79 Å². The molecule has 2 aromatic rings. The normalized spacial score (nSPS) is 15.0. The molecule has 0 unspecified atom stereocenters. The highest BCUT2D eigenvalue weighted by molar-refractivity contribution is 14.1.